The minimum Gasteiger partial charge on any atom is -0.369 e. The van der Waals surface area contributed by atoms with Crippen molar-refractivity contribution in [3.8, 4) is 0 Å². The van der Waals surface area contributed by atoms with Crippen molar-refractivity contribution in [1.82, 2.24) is 0 Å². The Bertz CT molecular complexity index is 18.5. The summed E-state index contributed by atoms with van der Waals surface area (Å²) >= 11 is 1.60. The van der Waals surface area contributed by atoms with E-state index < -0.39 is 0 Å². The van der Waals surface area contributed by atoms with Gasteiger partial charge in [-0.15, -0.1) is 11.8 Å². The molecule has 1 aliphatic heterocycles. The number of ether oxygens (including phenoxy) is 1. The largest absolute Gasteiger partial charge is 0.369 e. The molecule has 0 aromatic heterocycles. The second-order valence-electron chi connectivity index (χ2n) is 0.755. The summed E-state index contributed by atoms with van der Waals surface area (Å²) in [6.07, 6.45) is 0. The van der Waals surface area contributed by atoms with Crippen molar-refractivity contribution in [3.63, 3.8) is 0 Å². The van der Waals surface area contributed by atoms with Crippen molar-refractivity contribution in [2.45, 2.75) is 0 Å². The zero-order valence-electron chi connectivity index (χ0n) is 2.73. The van der Waals surface area contributed by atoms with Gasteiger partial charge < -0.3 is 4.74 Å². The number of thioether (sulfide) groups is 1. The number of hydrogen-bond acceptors (Lipinski definition) is 2. The lowest BCUT2D eigenvalue weighted by Crippen LogP contribution is -1.74. The molecule has 0 unspecified atom stereocenters. The molecule has 1 saturated heterocycles. The van der Waals surface area contributed by atoms with E-state index >= 15 is 0 Å². The third kappa shape index (κ3) is 0.816. The molecule has 28 valence electrons. The SMILES string of the molecule is [C]1COCS1. The first-order chi connectivity index (χ1) is 2.50. The van der Waals surface area contributed by atoms with Crippen LogP contribution >= 0.6 is 11.8 Å². The zero-order chi connectivity index (χ0) is 3.54. The molecule has 1 fully saturated rings. The van der Waals surface area contributed by atoms with Crippen LogP contribution in [0.15, 0.2) is 0 Å². The lowest BCUT2D eigenvalue weighted by molar-refractivity contribution is 0.225. The third-order valence-electron chi connectivity index (χ3n) is 0.405. The summed E-state index contributed by atoms with van der Waals surface area (Å²) in [5.41, 5.74) is 0. The summed E-state index contributed by atoms with van der Waals surface area (Å²) in [7, 11) is 0. The van der Waals surface area contributed by atoms with Crippen molar-refractivity contribution < 1.29 is 4.74 Å². The highest BCUT2D eigenvalue weighted by Crippen LogP contribution is 2.12. The normalized spacial score (nSPS) is 24.0. The first kappa shape index (κ1) is 3.50. The van der Waals surface area contributed by atoms with Gasteiger partial charge in [-0.2, -0.15) is 0 Å². The van der Waals surface area contributed by atoms with Crippen molar-refractivity contribution >= 4 is 11.8 Å². The Labute approximate surface area is 35.7 Å². The fraction of sp³-hybridized carbons (Fsp3) is 0.667. The summed E-state index contributed by atoms with van der Waals surface area (Å²) in [4.78, 5) is 0. The molecule has 0 aliphatic carbocycles. The van der Waals surface area contributed by atoms with Crippen LogP contribution in [0.25, 0.3) is 0 Å². The molecule has 1 nitrogen and oxygen atoms in total. The van der Waals surface area contributed by atoms with Crippen LogP contribution in [0, 0.1) is 5.75 Å². The van der Waals surface area contributed by atoms with Crippen LogP contribution in [-0.4, -0.2) is 12.5 Å². The van der Waals surface area contributed by atoms with E-state index in [-0.39, 0.29) is 0 Å². The van der Waals surface area contributed by atoms with Crippen LogP contribution in [0.5, 0.6) is 0 Å². The Hall–Kier alpha value is 0.310. The van der Waals surface area contributed by atoms with Crippen molar-refractivity contribution in [2.24, 2.45) is 0 Å². The number of rotatable bonds is 0. The predicted octanol–water partition coefficient (Wildman–Crippen LogP) is 0.746. The van der Waals surface area contributed by atoms with Gasteiger partial charge in [0.05, 0.1) is 18.3 Å². The van der Waals surface area contributed by atoms with E-state index in [1.165, 1.54) is 0 Å². The molecule has 1 rings (SSSR count). The van der Waals surface area contributed by atoms with Crippen LogP contribution in [0.3, 0.4) is 0 Å². The van der Waals surface area contributed by atoms with Crippen molar-refractivity contribution in [2.75, 3.05) is 12.5 Å². The Morgan fingerprint density at radius 2 is 2.80 bits per heavy atom. The predicted molar refractivity (Wildman–Crippen MR) is 21.7 cm³/mol. The highest BCUT2D eigenvalue weighted by Gasteiger charge is 1.96. The molecule has 0 spiro atoms. The van der Waals surface area contributed by atoms with E-state index in [9.17, 15) is 0 Å². The smallest absolute Gasteiger partial charge is 0.0929 e. The third-order valence-corrected chi connectivity index (χ3v) is 1.01. The average molecular weight is 88.1 g/mol. The first-order valence-corrected chi connectivity index (χ1v) is 2.41. The monoisotopic (exact) mass is 88.0 g/mol. The van der Waals surface area contributed by atoms with E-state index in [0.29, 0.717) is 6.61 Å². The van der Waals surface area contributed by atoms with Gasteiger partial charge in [-0.3, -0.25) is 0 Å². The maximum Gasteiger partial charge on any atom is 0.0929 e. The molecular formula is C3H4OS. The Morgan fingerprint density at radius 3 is 3.00 bits per heavy atom. The van der Waals surface area contributed by atoms with Crippen LogP contribution < -0.4 is 0 Å². The molecule has 0 atom stereocenters. The summed E-state index contributed by atoms with van der Waals surface area (Å²) in [6, 6.07) is 0. The first-order valence-electron chi connectivity index (χ1n) is 1.42. The van der Waals surface area contributed by atoms with Gasteiger partial charge in [-0.05, 0) is 0 Å². The Balaban J connectivity index is 2.08. The maximum atomic E-state index is 4.80. The molecular weight excluding hydrogens is 84.1 g/mol. The van der Waals surface area contributed by atoms with Crippen molar-refractivity contribution in [3.05, 3.63) is 5.75 Å². The van der Waals surface area contributed by atoms with E-state index in [4.69, 9.17) is 4.74 Å². The molecule has 0 aromatic carbocycles. The molecule has 0 aromatic rings. The highest BCUT2D eigenvalue weighted by molar-refractivity contribution is 8.01. The molecule has 0 bridgehead atoms. The topological polar surface area (TPSA) is 9.23 Å². The van der Waals surface area contributed by atoms with Gasteiger partial charge in [0.15, 0.2) is 0 Å². The molecule has 2 radical (unpaired) electrons. The molecule has 1 heterocycles. The second kappa shape index (κ2) is 1.67. The lowest BCUT2D eigenvalue weighted by atomic mass is 10.9. The minimum atomic E-state index is 0.713. The summed E-state index contributed by atoms with van der Waals surface area (Å²) in [5.74, 6) is 3.72. The summed E-state index contributed by atoms with van der Waals surface area (Å²) < 4.78 is 4.80. The van der Waals surface area contributed by atoms with Gasteiger partial charge in [0.1, 0.15) is 0 Å². The Morgan fingerprint density at radius 1 is 1.80 bits per heavy atom. The molecule has 1 aliphatic rings. The highest BCUT2D eigenvalue weighted by atomic mass is 32.2. The van der Waals surface area contributed by atoms with E-state index in [1.54, 1.807) is 11.8 Å². The lowest BCUT2D eigenvalue weighted by Gasteiger charge is -1.75. The fourth-order valence-electron chi connectivity index (χ4n) is 0.208. The van der Waals surface area contributed by atoms with Crippen molar-refractivity contribution in [1.29, 1.82) is 0 Å². The standard InChI is InChI=1S/C3H4OS/c1-2-5-3-4-1/h1,3H2. The molecule has 0 saturated carbocycles. The fourth-order valence-corrected chi connectivity index (χ4v) is 0.625. The van der Waals surface area contributed by atoms with Crippen LogP contribution in [-0.2, 0) is 4.74 Å². The number of hydrogen-bond donors (Lipinski definition) is 0. The summed E-state index contributed by atoms with van der Waals surface area (Å²) in [6.45, 7) is 0.713. The second-order valence-corrected chi connectivity index (χ2v) is 1.57. The zero-order valence-corrected chi connectivity index (χ0v) is 3.55. The molecule has 2 heteroatoms. The van der Waals surface area contributed by atoms with E-state index in [2.05, 4.69) is 5.75 Å². The van der Waals surface area contributed by atoms with Crippen LogP contribution in [0.1, 0.15) is 0 Å². The molecule has 0 amide bonds. The minimum absolute atomic E-state index is 0.713. The summed E-state index contributed by atoms with van der Waals surface area (Å²) in [5, 5.41) is 0. The van der Waals surface area contributed by atoms with Crippen LogP contribution in [0.4, 0.5) is 0 Å². The van der Waals surface area contributed by atoms with Gasteiger partial charge in [-0.1, -0.05) is 0 Å². The van der Waals surface area contributed by atoms with Gasteiger partial charge >= 0.3 is 0 Å². The van der Waals surface area contributed by atoms with Gasteiger partial charge in [0.2, 0.25) is 0 Å². The quantitative estimate of drug-likeness (QED) is 0.432. The van der Waals surface area contributed by atoms with Gasteiger partial charge in [-0.25, -0.2) is 0 Å². The maximum absolute atomic E-state index is 4.80. The van der Waals surface area contributed by atoms with E-state index in [0.717, 1.165) is 5.94 Å². The molecule has 5 heavy (non-hydrogen) atoms. The van der Waals surface area contributed by atoms with Crippen LogP contribution in [0.2, 0.25) is 0 Å². The molecule has 0 N–H and O–H groups in total. The average Bonchev–Trinajstić information content (AvgIpc) is 1.76. The van der Waals surface area contributed by atoms with Gasteiger partial charge in [0, 0.05) is 0 Å². The van der Waals surface area contributed by atoms with Gasteiger partial charge in [0.25, 0.3) is 0 Å². The van der Waals surface area contributed by atoms with E-state index in [1.807, 2.05) is 0 Å². The Kier molecular flexibility index (Phi) is 1.17.